The molecule has 0 fully saturated rings. The van der Waals surface area contributed by atoms with Gasteiger partial charge in [-0.3, -0.25) is 0 Å². The monoisotopic (exact) mass is 404 g/mol. The first-order valence-corrected chi connectivity index (χ1v) is 6.99. The lowest BCUT2D eigenvalue weighted by atomic mass is 9.96. The molecule has 0 unspecified atom stereocenters. The van der Waals surface area contributed by atoms with Crippen molar-refractivity contribution >= 4 is 15.9 Å². The Kier molecular flexibility index (Phi) is 4.70. The number of benzene rings is 2. The molecule has 0 atom stereocenters. The summed E-state index contributed by atoms with van der Waals surface area (Å²) in [4.78, 5) is 0. The second-order valence-electron chi connectivity index (χ2n) is 4.45. The molecule has 9 heteroatoms. The fraction of sp³-hybridized carbons (Fsp3) is 0.143. The van der Waals surface area contributed by atoms with Crippen molar-refractivity contribution in [2.75, 3.05) is 0 Å². The van der Waals surface area contributed by atoms with Crippen LogP contribution >= 0.6 is 15.9 Å². The molecule has 23 heavy (non-hydrogen) atoms. The maximum absolute atomic E-state index is 13.8. The molecule has 0 aliphatic carbocycles. The van der Waals surface area contributed by atoms with Gasteiger partial charge in [-0.15, -0.1) is 0 Å². The van der Waals surface area contributed by atoms with Gasteiger partial charge in [0.15, 0.2) is 23.3 Å². The van der Waals surface area contributed by atoms with Gasteiger partial charge in [0.2, 0.25) is 5.82 Å². The Morgan fingerprint density at radius 1 is 0.783 bits per heavy atom. The lowest BCUT2D eigenvalue weighted by molar-refractivity contribution is -0.137. The van der Waals surface area contributed by atoms with Gasteiger partial charge in [0, 0.05) is 5.33 Å². The van der Waals surface area contributed by atoms with Crippen molar-refractivity contribution in [2.24, 2.45) is 0 Å². The predicted octanol–water partition coefficient (Wildman–Crippen LogP) is 5.96. The Morgan fingerprint density at radius 2 is 1.26 bits per heavy atom. The number of alkyl halides is 4. The highest BCUT2D eigenvalue weighted by Gasteiger charge is 2.33. The molecule has 0 nitrogen and oxygen atoms in total. The Balaban J connectivity index is 2.86. The topological polar surface area (TPSA) is 0 Å². The zero-order chi connectivity index (χ0) is 17.5. The summed E-state index contributed by atoms with van der Waals surface area (Å²) in [6.07, 6.45) is -4.84. The number of halogens is 9. The zero-order valence-electron chi connectivity index (χ0n) is 10.8. The summed E-state index contributed by atoms with van der Waals surface area (Å²) in [5, 5.41) is -0.153. The molecular formula is C14H5BrF8. The molecule has 2 rings (SSSR count). The average molecular weight is 405 g/mol. The van der Waals surface area contributed by atoms with Crippen molar-refractivity contribution < 1.29 is 35.1 Å². The normalized spacial score (nSPS) is 11.9. The molecule has 0 aromatic heterocycles. The molecule has 124 valence electrons. The van der Waals surface area contributed by atoms with Crippen LogP contribution in [0.15, 0.2) is 18.2 Å². The summed E-state index contributed by atoms with van der Waals surface area (Å²) < 4.78 is 105. The Hall–Kier alpha value is -1.64. The highest BCUT2D eigenvalue weighted by molar-refractivity contribution is 9.08. The van der Waals surface area contributed by atoms with E-state index in [-0.39, 0.29) is 10.9 Å². The molecule has 0 heterocycles. The Bertz CT molecular complexity index is 737. The van der Waals surface area contributed by atoms with E-state index in [1.54, 1.807) is 0 Å². The second kappa shape index (κ2) is 6.10. The smallest absolute Gasteiger partial charge is 0.203 e. The Labute approximate surface area is 132 Å². The van der Waals surface area contributed by atoms with Crippen molar-refractivity contribution in [2.45, 2.75) is 11.5 Å². The molecule has 0 aliphatic rings. The summed E-state index contributed by atoms with van der Waals surface area (Å²) in [6.45, 7) is 0. The quantitative estimate of drug-likeness (QED) is 0.250. The first kappa shape index (κ1) is 17.7. The molecule has 0 spiro atoms. The molecule has 0 amide bonds. The van der Waals surface area contributed by atoms with Gasteiger partial charge in [0.05, 0.1) is 11.1 Å². The van der Waals surface area contributed by atoms with Crippen molar-refractivity contribution in [3.63, 3.8) is 0 Å². The van der Waals surface area contributed by atoms with Crippen LogP contribution in [0.2, 0.25) is 0 Å². The number of hydrogen-bond acceptors (Lipinski definition) is 0. The number of rotatable bonds is 2. The molecule has 2 aromatic rings. The van der Waals surface area contributed by atoms with Gasteiger partial charge in [-0.05, 0) is 23.3 Å². The van der Waals surface area contributed by atoms with E-state index in [0.717, 1.165) is 6.07 Å². The third-order valence-electron chi connectivity index (χ3n) is 3.06. The van der Waals surface area contributed by atoms with E-state index >= 15 is 0 Å². The van der Waals surface area contributed by atoms with Crippen LogP contribution in [0.3, 0.4) is 0 Å². The minimum Gasteiger partial charge on any atom is -0.203 e. The van der Waals surface area contributed by atoms with E-state index < -0.39 is 52.0 Å². The van der Waals surface area contributed by atoms with E-state index in [2.05, 4.69) is 15.9 Å². The van der Waals surface area contributed by atoms with Crippen molar-refractivity contribution in [1.29, 1.82) is 0 Å². The zero-order valence-corrected chi connectivity index (χ0v) is 12.4. The molecule has 0 aliphatic heterocycles. The fourth-order valence-corrected chi connectivity index (χ4v) is 2.43. The van der Waals surface area contributed by atoms with Gasteiger partial charge < -0.3 is 0 Å². The van der Waals surface area contributed by atoms with Crippen LogP contribution in [-0.2, 0) is 11.5 Å². The van der Waals surface area contributed by atoms with Gasteiger partial charge >= 0.3 is 6.18 Å². The maximum atomic E-state index is 13.8. The highest BCUT2D eigenvalue weighted by atomic mass is 79.9. The van der Waals surface area contributed by atoms with E-state index in [0.29, 0.717) is 12.1 Å². The summed E-state index contributed by atoms with van der Waals surface area (Å²) in [6, 6.07) is 1.88. The van der Waals surface area contributed by atoms with Crippen LogP contribution in [0.4, 0.5) is 35.1 Å². The minimum absolute atomic E-state index is 0.0683. The third kappa shape index (κ3) is 3.06. The van der Waals surface area contributed by atoms with Gasteiger partial charge in [-0.2, -0.15) is 13.2 Å². The number of hydrogen-bond donors (Lipinski definition) is 0. The maximum Gasteiger partial charge on any atom is 0.416 e. The van der Waals surface area contributed by atoms with E-state index in [1.165, 1.54) is 0 Å². The third-order valence-corrected chi connectivity index (χ3v) is 3.66. The summed E-state index contributed by atoms with van der Waals surface area (Å²) >= 11 is 2.89. The van der Waals surface area contributed by atoms with Crippen LogP contribution in [0, 0.1) is 29.1 Å². The van der Waals surface area contributed by atoms with Gasteiger partial charge in [-0.1, -0.05) is 22.0 Å². The SMILES string of the molecule is Fc1c(F)c(F)c(-c2cc(C(F)(F)F)ccc2CBr)c(F)c1F. The van der Waals surface area contributed by atoms with Crippen LogP contribution in [0.25, 0.3) is 11.1 Å². The first-order chi connectivity index (χ1) is 10.6. The molecule has 0 saturated heterocycles. The largest absolute Gasteiger partial charge is 0.416 e. The molecule has 0 radical (unpaired) electrons. The molecule has 0 bridgehead atoms. The van der Waals surface area contributed by atoms with E-state index in [1.807, 2.05) is 0 Å². The van der Waals surface area contributed by atoms with Crippen molar-refractivity contribution in [1.82, 2.24) is 0 Å². The van der Waals surface area contributed by atoms with Crippen molar-refractivity contribution in [3.05, 3.63) is 58.4 Å². The van der Waals surface area contributed by atoms with Gasteiger partial charge in [0.1, 0.15) is 0 Å². The van der Waals surface area contributed by atoms with Crippen LogP contribution in [-0.4, -0.2) is 0 Å². The summed E-state index contributed by atoms with van der Waals surface area (Å²) in [7, 11) is 0. The first-order valence-electron chi connectivity index (χ1n) is 5.87. The van der Waals surface area contributed by atoms with Crippen LogP contribution in [0.1, 0.15) is 11.1 Å². The molecule has 0 saturated carbocycles. The standard InChI is InChI=1S/C14H5BrF8/c15-4-5-1-2-6(14(21,22)23)3-7(5)8-9(16)11(18)13(20)12(19)10(8)17/h1-3H,4H2. The fourth-order valence-electron chi connectivity index (χ4n) is 1.94. The van der Waals surface area contributed by atoms with E-state index in [4.69, 9.17) is 0 Å². The lowest BCUT2D eigenvalue weighted by Crippen LogP contribution is -2.08. The summed E-state index contributed by atoms with van der Waals surface area (Å²) in [5.74, 6) is -11.2. The van der Waals surface area contributed by atoms with Gasteiger partial charge in [0.25, 0.3) is 0 Å². The summed E-state index contributed by atoms with van der Waals surface area (Å²) in [5.41, 5.74) is -3.48. The molecule has 0 N–H and O–H groups in total. The lowest BCUT2D eigenvalue weighted by Gasteiger charge is -2.15. The van der Waals surface area contributed by atoms with Gasteiger partial charge in [-0.25, -0.2) is 22.0 Å². The van der Waals surface area contributed by atoms with Crippen LogP contribution in [0.5, 0.6) is 0 Å². The Morgan fingerprint density at radius 3 is 1.70 bits per heavy atom. The molecule has 2 aromatic carbocycles. The van der Waals surface area contributed by atoms with Crippen molar-refractivity contribution in [3.8, 4) is 11.1 Å². The second-order valence-corrected chi connectivity index (χ2v) is 5.01. The average Bonchev–Trinajstić information content (AvgIpc) is 2.50. The van der Waals surface area contributed by atoms with Crippen LogP contribution < -0.4 is 0 Å². The highest BCUT2D eigenvalue weighted by Crippen LogP contribution is 2.38. The predicted molar refractivity (Wildman–Crippen MR) is 69.3 cm³/mol. The minimum atomic E-state index is -4.84. The van der Waals surface area contributed by atoms with E-state index in [9.17, 15) is 35.1 Å². The molecular weight excluding hydrogens is 400 g/mol.